The van der Waals surface area contributed by atoms with Crippen LogP contribution in [0, 0.1) is 0 Å². The van der Waals surface area contributed by atoms with Gasteiger partial charge in [-0.15, -0.1) is 0 Å². The van der Waals surface area contributed by atoms with Gasteiger partial charge in [0.25, 0.3) is 0 Å². The number of nitrogens with zero attached hydrogens (tertiary/aromatic N) is 1. The van der Waals surface area contributed by atoms with Gasteiger partial charge in [-0.2, -0.15) is 0 Å². The summed E-state index contributed by atoms with van der Waals surface area (Å²) in [5, 5.41) is 6.69. The third kappa shape index (κ3) is 5.98. The Bertz CT molecular complexity index is 3560. The predicted molar refractivity (Wildman–Crippen MR) is 255 cm³/mol. The Morgan fingerprint density at radius 2 is 0.869 bits per heavy atom. The monoisotopic (exact) mass is 779 g/mol. The van der Waals surface area contributed by atoms with Crippen LogP contribution < -0.4 is 4.90 Å². The first-order chi connectivity index (χ1) is 30.2. The van der Waals surface area contributed by atoms with Crippen LogP contribution in [0.1, 0.15) is 0 Å². The van der Waals surface area contributed by atoms with Crippen LogP contribution in [0.15, 0.2) is 233 Å². The molecule has 0 spiro atoms. The van der Waals surface area contributed by atoms with Crippen molar-refractivity contribution in [2.75, 3.05) is 4.90 Å². The smallest absolute Gasteiger partial charge is 0.143 e. The molecule has 12 rings (SSSR count). The molecule has 2 heterocycles. The van der Waals surface area contributed by atoms with Crippen LogP contribution in [0.4, 0.5) is 17.1 Å². The summed E-state index contributed by atoms with van der Waals surface area (Å²) in [4.78, 5) is 2.36. The molecule has 12 aromatic rings. The molecule has 0 fully saturated rings. The Morgan fingerprint density at radius 1 is 0.295 bits per heavy atom. The van der Waals surface area contributed by atoms with Gasteiger partial charge in [-0.25, -0.2) is 0 Å². The molecule has 0 aliphatic heterocycles. The van der Waals surface area contributed by atoms with Crippen molar-refractivity contribution in [3.05, 3.63) is 224 Å². The summed E-state index contributed by atoms with van der Waals surface area (Å²) in [7, 11) is 0. The van der Waals surface area contributed by atoms with Gasteiger partial charge in [-0.3, -0.25) is 0 Å². The van der Waals surface area contributed by atoms with Gasteiger partial charge in [0.1, 0.15) is 22.3 Å². The van der Waals surface area contributed by atoms with E-state index >= 15 is 0 Å². The number of rotatable bonds is 7. The second kappa shape index (κ2) is 14.3. The largest absolute Gasteiger partial charge is 0.456 e. The van der Waals surface area contributed by atoms with Crippen LogP contribution in [0.5, 0.6) is 0 Å². The van der Waals surface area contributed by atoms with Crippen LogP contribution >= 0.6 is 0 Å². The zero-order valence-corrected chi connectivity index (χ0v) is 33.1. The van der Waals surface area contributed by atoms with Crippen molar-refractivity contribution in [2.45, 2.75) is 0 Å². The Hall–Kier alpha value is -8.14. The Morgan fingerprint density at radius 3 is 1.66 bits per heavy atom. The summed E-state index contributed by atoms with van der Waals surface area (Å²) in [6.07, 6.45) is 0. The summed E-state index contributed by atoms with van der Waals surface area (Å²) < 4.78 is 12.9. The first kappa shape index (κ1) is 34.9. The number of furan rings is 2. The minimum absolute atomic E-state index is 0.855. The van der Waals surface area contributed by atoms with E-state index in [9.17, 15) is 0 Å². The second-order valence-corrected chi connectivity index (χ2v) is 15.6. The highest BCUT2D eigenvalue weighted by Gasteiger charge is 2.21. The molecule has 0 aliphatic rings. The van der Waals surface area contributed by atoms with E-state index < -0.39 is 0 Å². The molecule has 0 N–H and O–H groups in total. The molecule has 0 bridgehead atoms. The molecule has 2 aromatic heterocycles. The number of fused-ring (bicyclic) bond motifs is 8. The predicted octanol–water partition coefficient (Wildman–Crippen LogP) is 16.8. The first-order valence-corrected chi connectivity index (χ1v) is 20.7. The van der Waals surface area contributed by atoms with E-state index in [1.54, 1.807) is 0 Å². The van der Waals surface area contributed by atoms with Gasteiger partial charge < -0.3 is 13.7 Å². The topological polar surface area (TPSA) is 29.5 Å². The van der Waals surface area contributed by atoms with Crippen molar-refractivity contribution in [3.8, 4) is 44.5 Å². The molecule has 61 heavy (non-hydrogen) atoms. The fraction of sp³-hybridized carbons (Fsp3) is 0. The van der Waals surface area contributed by atoms with Crippen LogP contribution in [0.3, 0.4) is 0 Å². The lowest BCUT2D eigenvalue weighted by Crippen LogP contribution is -2.10. The number of hydrogen-bond acceptors (Lipinski definition) is 3. The van der Waals surface area contributed by atoms with Crippen LogP contribution in [0.2, 0.25) is 0 Å². The van der Waals surface area contributed by atoms with E-state index in [1.807, 2.05) is 12.1 Å². The van der Waals surface area contributed by atoms with Gasteiger partial charge in [0.2, 0.25) is 0 Å². The molecule has 0 amide bonds. The molecule has 0 aliphatic carbocycles. The average Bonchev–Trinajstić information content (AvgIpc) is 3.92. The standard InChI is InChI=1S/C58H37NO2/c1-3-12-38(13-4-1)43-27-33-47(51(36-43)40-14-5-2-6-15-40)42-24-31-46(32-25-42)59(53-19-11-21-56-57(53)50-34-26-41-16-7-8-17-48(41)58(50)61-56)45-29-22-39(23-30-45)44-28-35-55-52(37-44)49-18-9-10-20-54(49)60-55/h1-37H. The lowest BCUT2D eigenvalue weighted by Gasteiger charge is -2.27. The van der Waals surface area contributed by atoms with E-state index in [-0.39, 0.29) is 0 Å². The maximum Gasteiger partial charge on any atom is 0.143 e. The SMILES string of the molecule is c1ccc(-c2ccc(-c3ccc(N(c4ccc(-c5ccc6oc7ccccc7c6c5)cc4)c4cccc5oc6c7ccccc7ccc6c45)cc3)c(-c3ccccc3)c2)cc1. The molecule has 286 valence electrons. The lowest BCUT2D eigenvalue weighted by atomic mass is 9.91. The maximum absolute atomic E-state index is 6.70. The highest BCUT2D eigenvalue weighted by atomic mass is 16.3. The minimum atomic E-state index is 0.855. The van der Waals surface area contributed by atoms with Crippen molar-refractivity contribution in [3.63, 3.8) is 0 Å². The minimum Gasteiger partial charge on any atom is -0.456 e. The summed E-state index contributed by atoms with van der Waals surface area (Å²) in [6, 6.07) is 80.0. The molecular weight excluding hydrogens is 743 g/mol. The molecule has 0 saturated heterocycles. The van der Waals surface area contributed by atoms with E-state index in [1.165, 1.54) is 27.8 Å². The number of anilines is 3. The lowest BCUT2D eigenvalue weighted by molar-refractivity contribution is 0.669. The van der Waals surface area contributed by atoms with Crippen molar-refractivity contribution in [1.82, 2.24) is 0 Å². The molecular formula is C58H37NO2. The summed E-state index contributed by atoms with van der Waals surface area (Å²) >= 11 is 0. The Labute approximate surface area is 353 Å². The van der Waals surface area contributed by atoms with Gasteiger partial charge >= 0.3 is 0 Å². The first-order valence-electron chi connectivity index (χ1n) is 20.7. The highest BCUT2D eigenvalue weighted by molar-refractivity contribution is 6.19. The van der Waals surface area contributed by atoms with E-state index in [4.69, 9.17) is 8.83 Å². The van der Waals surface area contributed by atoms with E-state index in [0.717, 1.165) is 88.4 Å². The van der Waals surface area contributed by atoms with E-state index in [0.29, 0.717) is 0 Å². The second-order valence-electron chi connectivity index (χ2n) is 15.6. The number of benzene rings is 10. The maximum atomic E-state index is 6.70. The van der Waals surface area contributed by atoms with E-state index in [2.05, 4.69) is 217 Å². The molecule has 0 unspecified atom stereocenters. The fourth-order valence-corrected chi connectivity index (χ4v) is 9.11. The molecule has 3 heteroatoms. The summed E-state index contributed by atoms with van der Waals surface area (Å²) in [5.41, 5.74) is 16.1. The summed E-state index contributed by atoms with van der Waals surface area (Å²) in [6.45, 7) is 0. The third-order valence-corrected chi connectivity index (χ3v) is 12.1. The molecule has 0 saturated carbocycles. The quantitative estimate of drug-likeness (QED) is 0.161. The highest BCUT2D eigenvalue weighted by Crippen LogP contribution is 2.46. The van der Waals surface area contributed by atoms with Gasteiger partial charge in [0, 0.05) is 32.9 Å². The van der Waals surface area contributed by atoms with Crippen molar-refractivity contribution in [2.24, 2.45) is 0 Å². The zero-order chi connectivity index (χ0) is 40.3. The Kier molecular flexibility index (Phi) is 8.17. The molecule has 0 atom stereocenters. The molecule has 10 aromatic carbocycles. The van der Waals surface area contributed by atoms with Gasteiger partial charge in [0.05, 0.1) is 11.1 Å². The number of para-hydroxylation sites is 1. The Balaban J connectivity index is 1.00. The van der Waals surface area contributed by atoms with Crippen LogP contribution in [0.25, 0.3) is 99.2 Å². The normalized spacial score (nSPS) is 11.6. The zero-order valence-electron chi connectivity index (χ0n) is 33.1. The third-order valence-electron chi connectivity index (χ3n) is 12.1. The molecule has 3 nitrogen and oxygen atoms in total. The van der Waals surface area contributed by atoms with Gasteiger partial charge in [-0.1, -0.05) is 158 Å². The van der Waals surface area contributed by atoms with Crippen molar-refractivity contribution < 1.29 is 8.83 Å². The molecule has 0 radical (unpaired) electrons. The van der Waals surface area contributed by atoms with Crippen LogP contribution in [-0.4, -0.2) is 0 Å². The van der Waals surface area contributed by atoms with Gasteiger partial charge in [-0.05, 0) is 117 Å². The number of hydrogen-bond donors (Lipinski definition) is 0. The van der Waals surface area contributed by atoms with Crippen molar-refractivity contribution in [1.29, 1.82) is 0 Å². The summed E-state index contributed by atoms with van der Waals surface area (Å²) in [5.74, 6) is 0. The van der Waals surface area contributed by atoms with Crippen LogP contribution in [-0.2, 0) is 0 Å². The average molecular weight is 780 g/mol. The van der Waals surface area contributed by atoms with Gasteiger partial charge in [0.15, 0.2) is 0 Å². The van der Waals surface area contributed by atoms with Crippen molar-refractivity contribution >= 4 is 71.7 Å². The fourth-order valence-electron chi connectivity index (χ4n) is 9.11.